The van der Waals surface area contributed by atoms with E-state index in [1.54, 1.807) is 0 Å². The normalized spacial score (nSPS) is 9.64. The number of rotatable bonds is 1. The van der Waals surface area contributed by atoms with Crippen molar-refractivity contribution in [1.82, 2.24) is 0 Å². The first kappa shape index (κ1) is 8.01. The molecule has 0 amide bonds. The summed E-state index contributed by atoms with van der Waals surface area (Å²) < 4.78 is 12.7. The van der Waals surface area contributed by atoms with E-state index in [2.05, 4.69) is 0 Å². The van der Waals surface area contributed by atoms with E-state index in [9.17, 15) is 9.18 Å². The second kappa shape index (κ2) is 2.88. The monoisotopic (exact) mass is 173 g/mol. The highest BCUT2D eigenvalue weighted by molar-refractivity contribution is 6.33. The first-order valence-electron chi connectivity index (χ1n) is 2.85. The molecule has 0 heterocycles. The van der Waals surface area contributed by atoms with Crippen LogP contribution in [0.25, 0.3) is 0 Å². The molecule has 1 aromatic carbocycles. The van der Waals surface area contributed by atoms with Crippen molar-refractivity contribution in [3.8, 4) is 0 Å². The number of aldehydes is 1. The first-order valence-corrected chi connectivity index (χ1v) is 3.22. The third-order valence-corrected chi connectivity index (χ3v) is 1.61. The van der Waals surface area contributed by atoms with Gasteiger partial charge in [-0.25, -0.2) is 4.39 Å². The van der Waals surface area contributed by atoms with Gasteiger partial charge in [-0.3, -0.25) is 4.79 Å². The lowest BCUT2D eigenvalue weighted by atomic mass is 10.2. The summed E-state index contributed by atoms with van der Waals surface area (Å²) in [4.78, 5) is 10.2. The summed E-state index contributed by atoms with van der Waals surface area (Å²) in [6, 6.07) is 2.35. The van der Waals surface area contributed by atoms with Gasteiger partial charge in [0.15, 0.2) is 0 Å². The molecule has 0 bridgehead atoms. The SMILES string of the molecule is Nc1cc(C=O)cc(F)c1Cl. The predicted octanol–water partition coefficient (Wildman–Crippen LogP) is 1.87. The third kappa shape index (κ3) is 1.49. The summed E-state index contributed by atoms with van der Waals surface area (Å²) >= 11 is 5.39. The van der Waals surface area contributed by atoms with Crippen molar-refractivity contribution in [1.29, 1.82) is 0 Å². The van der Waals surface area contributed by atoms with Gasteiger partial charge in [0.2, 0.25) is 0 Å². The predicted molar refractivity (Wildman–Crippen MR) is 41.2 cm³/mol. The molecule has 11 heavy (non-hydrogen) atoms. The van der Waals surface area contributed by atoms with Crippen molar-refractivity contribution >= 4 is 23.6 Å². The molecule has 0 aliphatic carbocycles. The van der Waals surface area contributed by atoms with Gasteiger partial charge in [-0.2, -0.15) is 0 Å². The third-order valence-electron chi connectivity index (χ3n) is 1.21. The zero-order valence-corrected chi connectivity index (χ0v) is 6.23. The Balaban J connectivity index is 3.31. The summed E-state index contributed by atoms with van der Waals surface area (Å²) in [6.45, 7) is 0. The van der Waals surface area contributed by atoms with Gasteiger partial charge < -0.3 is 5.73 Å². The van der Waals surface area contributed by atoms with Gasteiger partial charge in [0.05, 0.1) is 10.7 Å². The minimum atomic E-state index is -0.672. The maximum absolute atomic E-state index is 12.7. The highest BCUT2D eigenvalue weighted by Crippen LogP contribution is 2.22. The molecule has 0 fully saturated rings. The van der Waals surface area contributed by atoms with Crippen LogP contribution in [0.2, 0.25) is 5.02 Å². The standard InChI is InChI=1S/C7H5ClFNO/c8-7-5(9)1-4(3-11)2-6(7)10/h1-3H,10H2. The van der Waals surface area contributed by atoms with Gasteiger partial charge in [0.1, 0.15) is 12.1 Å². The molecule has 0 radical (unpaired) electrons. The molecule has 58 valence electrons. The number of benzene rings is 1. The molecular weight excluding hydrogens is 169 g/mol. The highest BCUT2D eigenvalue weighted by Gasteiger charge is 2.04. The van der Waals surface area contributed by atoms with Crippen LogP contribution >= 0.6 is 11.6 Å². The van der Waals surface area contributed by atoms with Gasteiger partial charge >= 0.3 is 0 Å². The lowest BCUT2D eigenvalue weighted by Gasteiger charge is -1.99. The largest absolute Gasteiger partial charge is 0.397 e. The Labute approximate surface area is 67.8 Å². The van der Waals surface area contributed by atoms with E-state index in [1.807, 2.05) is 0 Å². The topological polar surface area (TPSA) is 43.1 Å². The number of nitrogen functional groups attached to an aromatic ring is 1. The molecule has 0 aromatic heterocycles. The Bertz CT molecular complexity index is 277. The van der Waals surface area contributed by atoms with Crippen LogP contribution in [-0.4, -0.2) is 6.29 Å². The van der Waals surface area contributed by atoms with Crippen molar-refractivity contribution in [2.45, 2.75) is 0 Å². The highest BCUT2D eigenvalue weighted by atomic mass is 35.5. The molecule has 0 saturated carbocycles. The van der Waals surface area contributed by atoms with Gasteiger partial charge in [-0.05, 0) is 12.1 Å². The Morgan fingerprint density at radius 2 is 2.18 bits per heavy atom. The van der Waals surface area contributed by atoms with E-state index in [0.717, 1.165) is 6.07 Å². The van der Waals surface area contributed by atoms with E-state index in [1.165, 1.54) is 6.07 Å². The fourth-order valence-electron chi connectivity index (χ4n) is 0.700. The van der Waals surface area contributed by atoms with Crippen LogP contribution in [0.4, 0.5) is 10.1 Å². The minimum absolute atomic E-state index is 0.0776. The lowest BCUT2D eigenvalue weighted by molar-refractivity contribution is 0.112. The zero-order chi connectivity index (χ0) is 8.43. The van der Waals surface area contributed by atoms with Gasteiger partial charge in [0, 0.05) is 5.56 Å². The van der Waals surface area contributed by atoms with Crippen molar-refractivity contribution in [3.63, 3.8) is 0 Å². The van der Waals surface area contributed by atoms with Crippen LogP contribution in [0.15, 0.2) is 12.1 Å². The number of nitrogens with two attached hydrogens (primary N) is 1. The summed E-state index contributed by atoms with van der Waals surface area (Å²) in [6.07, 6.45) is 0.510. The van der Waals surface area contributed by atoms with Crippen LogP contribution in [0, 0.1) is 5.82 Å². The van der Waals surface area contributed by atoms with Crippen molar-refractivity contribution in [2.24, 2.45) is 0 Å². The summed E-state index contributed by atoms with van der Waals surface area (Å²) in [5.41, 5.74) is 5.53. The van der Waals surface area contributed by atoms with Gasteiger partial charge in [-0.1, -0.05) is 11.6 Å². The number of hydrogen-bond donors (Lipinski definition) is 1. The van der Waals surface area contributed by atoms with E-state index in [0.29, 0.717) is 6.29 Å². The summed E-state index contributed by atoms with van der Waals surface area (Å²) in [7, 11) is 0. The molecule has 2 N–H and O–H groups in total. The Morgan fingerprint density at radius 1 is 1.55 bits per heavy atom. The molecular formula is C7H5ClFNO. The van der Waals surface area contributed by atoms with Crippen LogP contribution in [0.1, 0.15) is 10.4 Å². The quantitative estimate of drug-likeness (QED) is 0.521. The van der Waals surface area contributed by atoms with E-state index < -0.39 is 5.82 Å². The maximum Gasteiger partial charge on any atom is 0.150 e. The molecule has 4 heteroatoms. The summed E-state index contributed by atoms with van der Waals surface area (Å²) in [5.74, 6) is -0.672. The molecule has 1 aromatic rings. The van der Waals surface area contributed by atoms with E-state index >= 15 is 0 Å². The van der Waals surface area contributed by atoms with Crippen LogP contribution in [-0.2, 0) is 0 Å². The average molecular weight is 174 g/mol. The zero-order valence-electron chi connectivity index (χ0n) is 5.47. The molecule has 2 nitrogen and oxygen atoms in total. The van der Waals surface area contributed by atoms with Crippen molar-refractivity contribution in [2.75, 3.05) is 5.73 Å². The average Bonchev–Trinajstić information content (AvgIpc) is 1.99. The fraction of sp³-hybridized carbons (Fsp3) is 0. The molecule has 0 unspecified atom stereocenters. The Morgan fingerprint density at radius 3 is 2.64 bits per heavy atom. The number of carbonyl (C=O) groups is 1. The number of hydrogen-bond acceptors (Lipinski definition) is 2. The maximum atomic E-state index is 12.7. The van der Waals surface area contributed by atoms with E-state index in [-0.39, 0.29) is 16.3 Å². The van der Waals surface area contributed by atoms with Crippen LogP contribution < -0.4 is 5.73 Å². The Hall–Kier alpha value is -1.09. The molecule has 0 atom stereocenters. The lowest BCUT2D eigenvalue weighted by Crippen LogP contribution is -1.92. The molecule has 0 spiro atoms. The smallest absolute Gasteiger partial charge is 0.150 e. The second-order valence-electron chi connectivity index (χ2n) is 2.02. The number of anilines is 1. The summed E-state index contributed by atoms with van der Waals surface area (Å²) in [5, 5.41) is -0.143. The number of halogens is 2. The van der Waals surface area contributed by atoms with Gasteiger partial charge in [0.25, 0.3) is 0 Å². The van der Waals surface area contributed by atoms with E-state index in [4.69, 9.17) is 17.3 Å². The fourth-order valence-corrected chi connectivity index (χ4v) is 0.809. The van der Waals surface area contributed by atoms with Crippen molar-refractivity contribution in [3.05, 3.63) is 28.5 Å². The first-order chi connectivity index (χ1) is 5.15. The van der Waals surface area contributed by atoms with Crippen LogP contribution in [0.5, 0.6) is 0 Å². The minimum Gasteiger partial charge on any atom is -0.397 e. The second-order valence-corrected chi connectivity index (χ2v) is 2.40. The molecule has 0 aliphatic heterocycles. The van der Waals surface area contributed by atoms with Crippen LogP contribution in [0.3, 0.4) is 0 Å². The molecule has 0 aliphatic rings. The number of carbonyl (C=O) groups excluding carboxylic acids is 1. The molecule has 0 saturated heterocycles. The van der Waals surface area contributed by atoms with Crippen molar-refractivity contribution < 1.29 is 9.18 Å². The Kier molecular flexibility index (Phi) is 2.10. The molecule has 1 rings (SSSR count). The van der Waals surface area contributed by atoms with Gasteiger partial charge in [-0.15, -0.1) is 0 Å².